The maximum atomic E-state index is 13.2. The molecule has 0 heterocycles. The van der Waals surface area contributed by atoms with Gasteiger partial charge in [0.05, 0.1) is 26.4 Å². The van der Waals surface area contributed by atoms with Crippen LogP contribution in [-0.2, 0) is 65.4 Å². The monoisotopic (exact) mass is 1550 g/mol. The second kappa shape index (κ2) is 79.2. The summed E-state index contributed by atoms with van der Waals surface area (Å²) in [7, 11) is -9.94. The van der Waals surface area contributed by atoms with Crippen molar-refractivity contribution < 1.29 is 80.2 Å². The van der Waals surface area contributed by atoms with Crippen LogP contribution in [0.15, 0.2) is 24.3 Å². The topological polar surface area (TPSA) is 237 Å². The van der Waals surface area contributed by atoms with Gasteiger partial charge in [-0.1, -0.05) is 393 Å². The number of ether oxygens (including phenoxy) is 4. The molecule has 0 aliphatic heterocycles. The van der Waals surface area contributed by atoms with Crippen LogP contribution in [0.1, 0.15) is 446 Å². The summed E-state index contributed by atoms with van der Waals surface area (Å²) in [6.07, 6.45) is 75.7. The molecule has 0 spiro atoms. The van der Waals surface area contributed by atoms with E-state index in [0.717, 1.165) is 109 Å². The van der Waals surface area contributed by atoms with Gasteiger partial charge in [0.15, 0.2) is 12.2 Å². The van der Waals surface area contributed by atoms with Crippen molar-refractivity contribution in [1.29, 1.82) is 0 Å². The highest BCUT2D eigenvalue weighted by Crippen LogP contribution is 2.45. The van der Waals surface area contributed by atoms with E-state index in [1.165, 1.54) is 257 Å². The van der Waals surface area contributed by atoms with Gasteiger partial charge < -0.3 is 33.8 Å². The average Bonchev–Trinajstić information content (AvgIpc) is 0.901. The number of rotatable bonds is 85. The van der Waals surface area contributed by atoms with Crippen molar-refractivity contribution in [1.82, 2.24) is 0 Å². The van der Waals surface area contributed by atoms with E-state index in [0.29, 0.717) is 25.7 Å². The first-order chi connectivity index (χ1) is 51.6. The number of phosphoric acid groups is 2. The van der Waals surface area contributed by atoms with Gasteiger partial charge in [-0.3, -0.25) is 37.3 Å². The van der Waals surface area contributed by atoms with Gasteiger partial charge in [-0.15, -0.1) is 0 Å². The van der Waals surface area contributed by atoms with Crippen molar-refractivity contribution in [3.63, 3.8) is 0 Å². The fraction of sp³-hybridized carbons (Fsp3) is 0.908. The van der Waals surface area contributed by atoms with E-state index in [-0.39, 0.29) is 25.7 Å². The molecule has 0 aliphatic rings. The third-order valence-electron chi connectivity index (χ3n) is 20.3. The Labute approximate surface area is 650 Å². The molecule has 3 N–H and O–H groups in total. The van der Waals surface area contributed by atoms with Crippen molar-refractivity contribution >= 4 is 39.5 Å². The molecule has 0 saturated heterocycles. The summed E-state index contributed by atoms with van der Waals surface area (Å²) in [5.74, 6) is -1.26. The number of aliphatic hydroxyl groups is 1. The van der Waals surface area contributed by atoms with Crippen LogP contribution in [0.5, 0.6) is 0 Å². The van der Waals surface area contributed by atoms with Crippen molar-refractivity contribution in [3.05, 3.63) is 24.3 Å². The molecule has 3 unspecified atom stereocenters. The van der Waals surface area contributed by atoms with Crippen molar-refractivity contribution in [2.75, 3.05) is 39.6 Å². The van der Waals surface area contributed by atoms with Crippen LogP contribution < -0.4 is 0 Å². The maximum absolute atomic E-state index is 13.2. The zero-order valence-corrected chi connectivity index (χ0v) is 70.9. The number of esters is 4. The fourth-order valence-electron chi connectivity index (χ4n) is 13.1. The number of hydrogen-bond donors (Lipinski definition) is 3. The number of phosphoric ester groups is 2. The van der Waals surface area contributed by atoms with E-state index in [4.69, 9.17) is 37.0 Å². The lowest BCUT2D eigenvalue weighted by Crippen LogP contribution is -2.30. The quantitative estimate of drug-likeness (QED) is 0.0169. The van der Waals surface area contributed by atoms with Gasteiger partial charge in [0, 0.05) is 25.7 Å². The molecular weight excluding hydrogens is 1380 g/mol. The molecule has 0 bridgehead atoms. The Hall–Kier alpha value is -2.46. The van der Waals surface area contributed by atoms with Crippen LogP contribution in [0.25, 0.3) is 0 Å². The molecule has 6 atom stereocenters. The molecule has 0 aromatic rings. The molecule has 0 aromatic carbocycles. The molecule has 0 aliphatic carbocycles. The van der Waals surface area contributed by atoms with E-state index >= 15 is 0 Å². The van der Waals surface area contributed by atoms with Crippen LogP contribution in [0.2, 0.25) is 0 Å². The molecule has 0 aromatic heterocycles. The van der Waals surface area contributed by atoms with Gasteiger partial charge in [-0.05, 0) is 57.3 Å². The van der Waals surface area contributed by atoms with Gasteiger partial charge in [0.2, 0.25) is 0 Å². The molecule has 0 fully saturated rings. The van der Waals surface area contributed by atoms with Gasteiger partial charge >= 0.3 is 39.5 Å². The first-order valence-electron chi connectivity index (χ1n) is 44.5. The summed E-state index contributed by atoms with van der Waals surface area (Å²) in [5, 5.41) is 10.7. The largest absolute Gasteiger partial charge is 0.472 e. The Balaban J connectivity index is 5.26. The third-order valence-corrected chi connectivity index (χ3v) is 22.2. The number of allylic oxidation sites excluding steroid dienone is 4. The van der Waals surface area contributed by atoms with E-state index in [2.05, 4.69) is 58.9 Å². The van der Waals surface area contributed by atoms with Crippen LogP contribution in [-0.4, -0.2) is 96.7 Å². The second-order valence-corrected chi connectivity index (χ2v) is 33.7. The minimum Gasteiger partial charge on any atom is -0.462 e. The molecule has 0 radical (unpaired) electrons. The van der Waals surface area contributed by atoms with Crippen molar-refractivity contribution in [2.45, 2.75) is 464 Å². The van der Waals surface area contributed by atoms with Crippen LogP contribution in [0, 0.1) is 5.92 Å². The Morgan fingerprint density at radius 1 is 0.302 bits per heavy atom. The average molecular weight is 1550 g/mol. The predicted octanol–water partition coefficient (Wildman–Crippen LogP) is 26.3. The summed E-state index contributed by atoms with van der Waals surface area (Å²) >= 11 is 0. The van der Waals surface area contributed by atoms with Crippen molar-refractivity contribution in [3.8, 4) is 0 Å². The lowest BCUT2D eigenvalue weighted by atomic mass is 9.99. The highest BCUT2D eigenvalue weighted by atomic mass is 31.2. The van der Waals surface area contributed by atoms with Crippen LogP contribution >= 0.6 is 15.6 Å². The summed E-state index contributed by atoms with van der Waals surface area (Å²) in [5.41, 5.74) is 0. The number of carbonyl (C=O) groups is 4. The zero-order chi connectivity index (χ0) is 77.6. The minimum absolute atomic E-state index is 0.0858. The Bertz CT molecular complexity index is 2110. The first kappa shape index (κ1) is 104. The Kier molecular flexibility index (Phi) is 77.4. The van der Waals surface area contributed by atoms with Gasteiger partial charge in [0.25, 0.3) is 0 Å². The summed E-state index contributed by atoms with van der Waals surface area (Å²) in [4.78, 5) is 73.2. The number of aliphatic hydroxyl groups excluding tert-OH is 1. The SMILES string of the molecule is CCCCCC/C=C\C=C/CCCCCCCC(=O)O[C@H](COC(=O)CCCCCCCCCCCCC)COP(=O)(O)OC[C@H](O)COP(=O)(O)OC[C@@H](COC(=O)CCCCCCCCCCCCCCCCCCCC)OC(=O)CCCCCCCCCCCCCCCCCCCCC(C)CC. The summed E-state index contributed by atoms with van der Waals surface area (Å²) < 4.78 is 68.9. The van der Waals surface area contributed by atoms with Gasteiger partial charge in [0.1, 0.15) is 19.3 Å². The Morgan fingerprint density at radius 2 is 0.528 bits per heavy atom. The first-order valence-corrected chi connectivity index (χ1v) is 47.5. The smallest absolute Gasteiger partial charge is 0.462 e. The zero-order valence-electron chi connectivity index (χ0n) is 69.1. The van der Waals surface area contributed by atoms with Crippen LogP contribution in [0.3, 0.4) is 0 Å². The normalized spacial score (nSPS) is 14.2. The minimum atomic E-state index is -4.97. The highest BCUT2D eigenvalue weighted by Gasteiger charge is 2.30. The standard InChI is InChI=1S/C87H166O17P2/c1-6-10-13-16-19-22-25-27-29-30-34-38-41-46-51-56-61-66-71-85(90)98-77-83(104-87(92)73-68-63-58-53-48-43-39-35-32-31-33-37-40-45-49-54-59-64-69-80(5)9-4)79-102-106(95,96)100-75-81(88)74-99-105(93,94)101-78-82(76-97-84(89)70-65-60-55-50-44-24-21-18-15-12-8-3)103-86(91)72-67-62-57-52-47-42-36-28-26-23-20-17-14-11-7-2/h23,26,28,36,80-83,88H,6-22,24-25,27,29-35,37-79H2,1-5H3,(H,93,94)(H,95,96)/b26-23-,36-28-/t80?,81-,82+,83+/m0/s1. The maximum Gasteiger partial charge on any atom is 0.472 e. The second-order valence-electron chi connectivity index (χ2n) is 30.8. The summed E-state index contributed by atoms with van der Waals surface area (Å²) in [6.45, 7) is 7.36. The number of carbonyl (C=O) groups excluding carboxylic acids is 4. The molecule has 0 amide bonds. The number of hydrogen-bond acceptors (Lipinski definition) is 15. The lowest BCUT2D eigenvalue weighted by molar-refractivity contribution is -0.161. The molecule has 106 heavy (non-hydrogen) atoms. The van der Waals surface area contributed by atoms with Gasteiger partial charge in [-0.25, -0.2) is 9.13 Å². The highest BCUT2D eigenvalue weighted by molar-refractivity contribution is 7.47. The van der Waals surface area contributed by atoms with E-state index in [1.54, 1.807) is 0 Å². The number of unbranched alkanes of at least 4 members (excludes halogenated alkanes) is 53. The van der Waals surface area contributed by atoms with E-state index in [9.17, 15) is 43.2 Å². The molecular formula is C87H166O17P2. The molecule has 0 rings (SSSR count). The van der Waals surface area contributed by atoms with E-state index in [1.807, 2.05) is 0 Å². The molecule has 19 heteroatoms. The van der Waals surface area contributed by atoms with Crippen LogP contribution in [0.4, 0.5) is 0 Å². The van der Waals surface area contributed by atoms with Crippen molar-refractivity contribution in [2.24, 2.45) is 5.92 Å². The summed E-state index contributed by atoms with van der Waals surface area (Å²) in [6, 6.07) is 0. The fourth-order valence-corrected chi connectivity index (χ4v) is 14.7. The third kappa shape index (κ3) is 78.2. The van der Waals surface area contributed by atoms with Gasteiger partial charge in [-0.2, -0.15) is 0 Å². The molecule has 17 nitrogen and oxygen atoms in total. The predicted molar refractivity (Wildman–Crippen MR) is 437 cm³/mol. The molecule has 0 saturated carbocycles. The Morgan fingerprint density at radius 3 is 0.802 bits per heavy atom. The van der Waals surface area contributed by atoms with E-state index < -0.39 is 97.5 Å². The lowest BCUT2D eigenvalue weighted by Gasteiger charge is -2.21. The molecule has 626 valence electrons.